The van der Waals surface area contributed by atoms with Crippen molar-refractivity contribution in [2.75, 3.05) is 0 Å². The third kappa shape index (κ3) is 9.99. The Hall–Kier alpha value is -1.93. The van der Waals surface area contributed by atoms with E-state index >= 15 is 0 Å². The summed E-state index contributed by atoms with van der Waals surface area (Å²) >= 11 is 0. The van der Waals surface area contributed by atoms with Gasteiger partial charge in [-0.3, -0.25) is 4.79 Å². The van der Waals surface area contributed by atoms with Gasteiger partial charge in [-0.05, 0) is 31.3 Å². The molecule has 78 valence electrons. The van der Waals surface area contributed by atoms with Gasteiger partial charge in [0.05, 0.1) is 6.10 Å². The number of aliphatic hydroxyl groups is 1. The second kappa shape index (κ2) is 8.66. The van der Waals surface area contributed by atoms with Gasteiger partial charge in [-0.15, -0.1) is 5.73 Å². The summed E-state index contributed by atoms with van der Waals surface area (Å²) in [6.45, 7) is 1.68. The van der Waals surface area contributed by atoms with E-state index in [1.807, 2.05) is 0 Å². The first-order valence-electron chi connectivity index (χ1n) is 4.40. The molecule has 1 atom stereocenters. The molecule has 0 bridgehead atoms. The van der Waals surface area contributed by atoms with Gasteiger partial charge in [-0.25, -0.2) is 0 Å². The molecule has 0 saturated heterocycles. The van der Waals surface area contributed by atoms with Crippen LogP contribution in [-0.4, -0.2) is 22.3 Å². The van der Waals surface area contributed by atoms with E-state index in [0.717, 1.165) is 0 Å². The highest BCUT2D eigenvalue weighted by atomic mass is 16.4. The molecule has 0 radical (unpaired) electrons. The molecule has 0 aliphatic rings. The minimum Gasteiger partial charge on any atom is -0.481 e. The minimum atomic E-state index is -0.926. The van der Waals surface area contributed by atoms with Crippen LogP contribution in [0.2, 0.25) is 0 Å². The summed E-state index contributed by atoms with van der Waals surface area (Å²) < 4.78 is 0. The molecule has 0 saturated carbocycles. The number of carbonyl (C=O) groups is 1. The van der Waals surface area contributed by atoms with Crippen LogP contribution in [0.15, 0.2) is 17.9 Å². The van der Waals surface area contributed by atoms with Gasteiger partial charge < -0.3 is 10.2 Å². The summed E-state index contributed by atoms with van der Waals surface area (Å²) in [6.07, 6.45) is 2.12. The number of aliphatic carboxylic acids is 1. The van der Waals surface area contributed by atoms with Crippen LogP contribution in [-0.2, 0) is 4.79 Å². The predicted octanol–water partition coefficient (Wildman–Crippen LogP) is 0.950. The predicted molar refractivity (Wildman–Crippen MR) is 56.8 cm³/mol. The van der Waals surface area contributed by atoms with E-state index in [4.69, 9.17) is 5.11 Å². The van der Waals surface area contributed by atoms with E-state index in [0.29, 0.717) is 0 Å². The molecular formula is C12H12O3. The molecule has 0 rings (SSSR count). The Balaban J connectivity index is 3.99. The summed E-state index contributed by atoms with van der Waals surface area (Å²) in [5.41, 5.74) is 2.63. The lowest BCUT2D eigenvalue weighted by atomic mass is 10.2. The van der Waals surface area contributed by atoms with E-state index in [1.165, 1.54) is 12.2 Å². The van der Waals surface area contributed by atoms with E-state index < -0.39 is 12.1 Å². The second-order valence-corrected chi connectivity index (χ2v) is 2.62. The van der Waals surface area contributed by atoms with E-state index in [9.17, 15) is 9.90 Å². The zero-order valence-corrected chi connectivity index (χ0v) is 8.45. The van der Waals surface area contributed by atoms with Crippen LogP contribution < -0.4 is 0 Å². The monoisotopic (exact) mass is 204 g/mol. The zero-order valence-electron chi connectivity index (χ0n) is 8.45. The summed E-state index contributed by atoms with van der Waals surface area (Å²) in [5.74, 6) is 9.34. The molecule has 0 spiro atoms. The lowest BCUT2D eigenvalue weighted by Gasteiger charge is -1.99. The van der Waals surface area contributed by atoms with Crippen molar-refractivity contribution in [1.29, 1.82) is 0 Å². The summed E-state index contributed by atoms with van der Waals surface area (Å²) in [6, 6.07) is 0. The van der Waals surface area contributed by atoms with Crippen molar-refractivity contribution in [1.82, 2.24) is 0 Å². The van der Waals surface area contributed by atoms with Crippen molar-refractivity contribution >= 4 is 5.97 Å². The number of carboxylic acid groups (broad SMARTS) is 1. The van der Waals surface area contributed by atoms with Crippen molar-refractivity contribution in [2.45, 2.75) is 25.9 Å². The summed E-state index contributed by atoms with van der Waals surface area (Å²) in [5, 5.41) is 17.6. The average Bonchev–Trinajstić information content (AvgIpc) is 2.20. The van der Waals surface area contributed by atoms with Crippen LogP contribution in [0, 0.1) is 23.7 Å². The molecule has 1 unspecified atom stereocenters. The molecule has 3 nitrogen and oxygen atoms in total. The van der Waals surface area contributed by atoms with E-state index in [2.05, 4.69) is 29.4 Å². The average molecular weight is 204 g/mol. The molecule has 0 aliphatic carbocycles. The Bertz CT molecular complexity index is 379. The van der Waals surface area contributed by atoms with Crippen LogP contribution in [0.4, 0.5) is 0 Å². The van der Waals surface area contributed by atoms with Crippen LogP contribution in [0.5, 0.6) is 0 Å². The molecule has 0 aromatic heterocycles. The third-order valence-corrected chi connectivity index (χ3v) is 1.36. The molecule has 0 aromatic rings. The maximum Gasteiger partial charge on any atom is 0.303 e. The Morgan fingerprint density at radius 1 is 1.47 bits per heavy atom. The SMILES string of the molecule is CC#CC#CC=C=CC(O)CCC(=O)O. The molecule has 0 fully saturated rings. The van der Waals surface area contributed by atoms with Gasteiger partial charge in [0, 0.05) is 12.5 Å². The van der Waals surface area contributed by atoms with Crippen molar-refractivity contribution in [2.24, 2.45) is 0 Å². The highest BCUT2D eigenvalue weighted by molar-refractivity contribution is 5.66. The molecule has 0 heterocycles. The topological polar surface area (TPSA) is 57.5 Å². The van der Waals surface area contributed by atoms with Crippen molar-refractivity contribution in [3.8, 4) is 23.7 Å². The van der Waals surface area contributed by atoms with Crippen molar-refractivity contribution in [3.63, 3.8) is 0 Å². The third-order valence-electron chi connectivity index (χ3n) is 1.36. The maximum absolute atomic E-state index is 10.2. The molecule has 15 heavy (non-hydrogen) atoms. The minimum absolute atomic E-state index is 0.0632. The lowest BCUT2D eigenvalue weighted by Crippen LogP contribution is -2.05. The fourth-order valence-corrected chi connectivity index (χ4v) is 0.690. The number of rotatable bonds is 4. The Labute approximate surface area is 89.1 Å². The highest BCUT2D eigenvalue weighted by Gasteiger charge is 2.02. The van der Waals surface area contributed by atoms with Gasteiger partial charge in [-0.1, -0.05) is 11.8 Å². The van der Waals surface area contributed by atoms with Crippen molar-refractivity contribution < 1.29 is 15.0 Å². The zero-order chi connectivity index (χ0) is 11.5. The van der Waals surface area contributed by atoms with Gasteiger partial charge in [-0.2, -0.15) is 0 Å². The maximum atomic E-state index is 10.2. The van der Waals surface area contributed by atoms with Gasteiger partial charge in [0.15, 0.2) is 0 Å². The van der Waals surface area contributed by atoms with E-state index in [1.54, 1.807) is 6.92 Å². The first-order chi connectivity index (χ1) is 7.16. The van der Waals surface area contributed by atoms with E-state index in [-0.39, 0.29) is 12.8 Å². The second-order valence-electron chi connectivity index (χ2n) is 2.62. The molecule has 2 N–H and O–H groups in total. The van der Waals surface area contributed by atoms with Gasteiger partial charge in [0.2, 0.25) is 0 Å². The number of hydrogen-bond acceptors (Lipinski definition) is 2. The summed E-state index contributed by atoms with van der Waals surface area (Å²) in [4.78, 5) is 10.2. The molecular weight excluding hydrogens is 192 g/mol. The largest absolute Gasteiger partial charge is 0.481 e. The Morgan fingerprint density at radius 3 is 2.80 bits per heavy atom. The van der Waals surface area contributed by atoms with Crippen molar-refractivity contribution in [3.05, 3.63) is 17.9 Å². The highest BCUT2D eigenvalue weighted by Crippen LogP contribution is 1.97. The van der Waals surface area contributed by atoms with Crippen LogP contribution >= 0.6 is 0 Å². The van der Waals surface area contributed by atoms with Crippen LogP contribution in [0.3, 0.4) is 0 Å². The van der Waals surface area contributed by atoms with Gasteiger partial charge >= 0.3 is 5.97 Å². The Morgan fingerprint density at radius 2 is 2.20 bits per heavy atom. The van der Waals surface area contributed by atoms with Crippen LogP contribution in [0.25, 0.3) is 0 Å². The smallest absolute Gasteiger partial charge is 0.303 e. The van der Waals surface area contributed by atoms with Gasteiger partial charge in [0.25, 0.3) is 0 Å². The molecule has 0 aliphatic heterocycles. The lowest BCUT2D eigenvalue weighted by molar-refractivity contribution is -0.137. The summed E-state index contributed by atoms with van der Waals surface area (Å²) in [7, 11) is 0. The van der Waals surface area contributed by atoms with Crippen LogP contribution in [0.1, 0.15) is 19.8 Å². The molecule has 0 amide bonds. The number of aliphatic hydroxyl groups excluding tert-OH is 1. The first kappa shape index (κ1) is 13.1. The molecule has 3 heteroatoms. The van der Waals surface area contributed by atoms with Gasteiger partial charge in [0.1, 0.15) is 0 Å². The fourth-order valence-electron chi connectivity index (χ4n) is 0.690. The number of hydrogen-bond donors (Lipinski definition) is 2. The standard InChI is InChI=1S/C12H12O3/c1-2-3-4-5-6-7-8-11(13)9-10-12(14)15/h6,8,11,13H,9-10H2,1H3,(H,14,15). The fraction of sp³-hybridized carbons (Fsp3) is 0.333. The number of carboxylic acids is 1. The quantitative estimate of drug-likeness (QED) is 0.529. The Kier molecular flexibility index (Phi) is 7.54. The normalized spacial score (nSPS) is 9.47. The molecule has 0 aromatic carbocycles. The first-order valence-corrected chi connectivity index (χ1v) is 4.40.